The average Bonchev–Trinajstić information content (AvgIpc) is 2.33. The second-order valence-corrected chi connectivity index (χ2v) is 6.14. The minimum Gasteiger partial charge on any atom is -0.383 e. The van der Waals surface area contributed by atoms with Crippen LogP contribution in [0.1, 0.15) is 26.7 Å². The molecule has 1 unspecified atom stereocenters. The van der Waals surface area contributed by atoms with Crippen LogP contribution in [0.15, 0.2) is 0 Å². The summed E-state index contributed by atoms with van der Waals surface area (Å²) in [5.41, 5.74) is 0.324. The second kappa shape index (κ2) is 7.82. The summed E-state index contributed by atoms with van der Waals surface area (Å²) in [4.78, 5) is 14.1. The molecule has 0 aromatic rings. The molecule has 0 aliphatic carbocycles. The van der Waals surface area contributed by atoms with E-state index in [-0.39, 0.29) is 11.9 Å². The largest absolute Gasteiger partial charge is 0.383 e. The lowest BCUT2D eigenvalue weighted by Gasteiger charge is -2.38. The lowest BCUT2D eigenvalue weighted by atomic mass is 9.80. The van der Waals surface area contributed by atoms with Crippen LogP contribution in [0.3, 0.4) is 0 Å². The molecule has 0 spiro atoms. The molecule has 1 amide bonds. The monoisotopic (exact) mass is 271 g/mol. The fourth-order valence-corrected chi connectivity index (χ4v) is 2.43. The molecule has 1 heterocycles. The number of hydrogen-bond donors (Lipinski definition) is 2. The van der Waals surface area contributed by atoms with E-state index in [9.17, 15) is 4.79 Å². The normalized spacial score (nSPS) is 21.1. The van der Waals surface area contributed by atoms with Gasteiger partial charge in [-0.25, -0.2) is 0 Å². The highest BCUT2D eigenvalue weighted by atomic mass is 16.5. The maximum Gasteiger partial charge on any atom is 0.234 e. The van der Waals surface area contributed by atoms with Crippen molar-refractivity contribution in [2.24, 2.45) is 5.41 Å². The van der Waals surface area contributed by atoms with Gasteiger partial charge in [0.1, 0.15) is 0 Å². The number of carbonyl (C=O) groups excluding carboxylic acids is 1. The maximum atomic E-state index is 11.7. The first-order valence-corrected chi connectivity index (χ1v) is 7.13. The number of carbonyl (C=O) groups is 1. The lowest BCUT2D eigenvalue weighted by molar-refractivity contribution is -0.121. The molecule has 1 atom stereocenters. The summed E-state index contributed by atoms with van der Waals surface area (Å²) in [6.45, 7) is 8.39. The fourth-order valence-electron chi connectivity index (χ4n) is 2.43. The van der Waals surface area contributed by atoms with E-state index in [0.29, 0.717) is 18.6 Å². The Labute approximate surface area is 117 Å². The van der Waals surface area contributed by atoms with E-state index in [0.717, 1.165) is 19.6 Å². The van der Waals surface area contributed by atoms with Gasteiger partial charge in [-0.2, -0.15) is 0 Å². The van der Waals surface area contributed by atoms with E-state index in [1.165, 1.54) is 12.8 Å². The first-order valence-electron chi connectivity index (χ1n) is 7.13. The summed E-state index contributed by atoms with van der Waals surface area (Å²) in [7, 11) is 3.81. The molecule has 0 radical (unpaired) electrons. The first-order chi connectivity index (χ1) is 8.95. The summed E-state index contributed by atoms with van der Waals surface area (Å²) in [6, 6.07) is 0.0678. The van der Waals surface area contributed by atoms with Gasteiger partial charge >= 0.3 is 0 Å². The molecular weight excluding hydrogens is 242 g/mol. The van der Waals surface area contributed by atoms with Crippen LogP contribution >= 0.6 is 0 Å². The smallest absolute Gasteiger partial charge is 0.234 e. The summed E-state index contributed by atoms with van der Waals surface area (Å²) < 4.78 is 4.99. The van der Waals surface area contributed by atoms with Gasteiger partial charge in [0.25, 0.3) is 0 Å². The van der Waals surface area contributed by atoms with Crippen molar-refractivity contribution in [2.45, 2.75) is 32.7 Å². The summed E-state index contributed by atoms with van der Waals surface area (Å²) in [6.07, 6.45) is 2.39. The van der Waals surface area contributed by atoms with Crippen LogP contribution < -0.4 is 10.6 Å². The van der Waals surface area contributed by atoms with Gasteiger partial charge in [-0.1, -0.05) is 6.92 Å². The summed E-state index contributed by atoms with van der Waals surface area (Å²) in [5.74, 6) is 0.0427. The third-order valence-electron chi connectivity index (χ3n) is 3.86. The zero-order valence-electron chi connectivity index (χ0n) is 12.8. The van der Waals surface area contributed by atoms with Gasteiger partial charge in [0.15, 0.2) is 0 Å². The molecule has 1 aliphatic rings. The van der Waals surface area contributed by atoms with Crippen LogP contribution in [-0.2, 0) is 9.53 Å². The average molecular weight is 271 g/mol. The molecule has 5 heteroatoms. The second-order valence-electron chi connectivity index (χ2n) is 6.14. The van der Waals surface area contributed by atoms with Crippen molar-refractivity contribution in [3.63, 3.8) is 0 Å². The molecule has 0 aromatic heterocycles. The number of hydrogen-bond acceptors (Lipinski definition) is 4. The third kappa shape index (κ3) is 6.36. The number of nitrogens with one attached hydrogen (secondary N) is 2. The van der Waals surface area contributed by atoms with Gasteiger partial charge in [-0.05, 0) is 45.3 Å². The highest BCUT2D eigenvalue weighted by Crippen LogP contribution is 2.29. The number of likely N-dealkylation sites (tertiary alicyclic amines) is 1. The Balaban J connectivity index is 2.17. The van der Waals surface area contributed by atoms with Gasteiger partial charge in [-0.3, -0.25) is 4.79 Å². The molecule has 0 saturated carbocycles. The molecule has 1 saturated heterocycles. The Kier molecular flexibility index (Phi) is 6.75. The Morgan fingerprint density at radius 1 is 1.42 bits per heavy atom. The van der Waals surface area contributed by atoms with Crippen molar-refractivity contribution in [1.29, 1.82) is 0 Å². The van der Waals surface area contributed by atoms with E-state index in [1.807, 2.05) is 6.92 Å². The van der Waals surface area contributed by atoms with E-state index >= 15 is 0 Å². The Morgan fingerprint density at radius 2 is 2.05 bits per heavy atom. The summed E-state index contributed by atoms with van der Waals surface area (Å²) >= 11 is 0. The Morgan fingerprint density at radius 3 is 2.63 bits per heavy atom. The Hall–Kier alpha value is -0.650. The molecule has 2 N–H and O–H groups in total. The molecule has 0 aromatic carbocycles. The Bertz CT molecular complexity index is 276. The van der Waals surface area contributed by atoms with Crippen molar-refractivity contribution in [2.75, 3.05) is 46.9 Å². The van der Waals surface area contributed by atoms with E-state index < -0.39 is 0 Å². The predicted octanol–water partition coefficient (Wildman–Crippen LogP) is 0.459. The number of methoxy groups -OCH3 is 1. The zero-order valence-corrected chi connectivity index (χ0v) is 12.8. The van der Waals surface area contributed by atoms with Crippen LogP contribution in [-0.4, -0.2) is 63.8 Å². The standard InChI is InChI=1S/C14H29N3O2/c1-12(10-19-4)16-13(18)9-15-11-14(2)5-7-17(3)8-6-14/h12,15H,5-11H2,1-4H3,(H,16,18). The van der Waals surface area contributed by atoms with Crippen molar-refractivity contribution >= 4 is 5.91 Å². The van der Waals surface area contributed by atoms with E-state index in [4.69, 9.17) is 4.74 Å². The van der Waals surface area contributed by atoms with Crippen LogP contribution in [0.5, 0.6) is 0 Å². The van der Waals surface area contributed by atoms with Crippen LogP contribution in [0.2, 0.25) is 0 Å². The van der Waals surface area contributed by atoms with Gasteiger partial charge in [0.2, 0.25) is 5.91 Å². The predicted molar refractivity (Wildman–Crippen MR) is 77.2 cm³/mol. The van der Waals surface area contributed by atoms with Crippen LogP contribution in [0.25, 0.3) is 0 Å². The van der Waals surface area contributed by atoms with Crippen molar-refractivity contribution < 1.29 is 9.53 Å². The first kappa shape index (κ1) is 16.4. The SMILES string of the molecule is COCC(C)NC(=O)CNCC1(C)CCN(C)CC1. The highest BCUT2D eigenvalue weighted by molar-refractivity contribution is 5.78. The molecular formula is C14H29N3O2. The zero-order chi connectivity index (χ0) is 14.3. The van der Waals surface area contributed by atoms with Crippen molar-refractivity contribution in [3.05, 3.63) is 0 Å². The molecule has 19 heavy (non-hydrogen) atoms. The van der Waals surface area contributed by atoms with Crippen LogP contribution in [0.4, 0.5) is 0 Å². The minimum atomic E-state index is 0.0427. The molecule has 0 bridgehead atoms. The van der Waals surface area contributed by atoms with E-state index in [1.54, 1.807) is 7.11 Å². The number of piperidine rings is 1. The van der Waals surface area contributed by atoms with Crippen LogP contribution in [0, 0.1) is 5.41 Å². The van der Waals surface area contributed by atoms with Gasteiger partial charge < -0.3 is 20.3 Å². The topological polar surface area (TPSA) is 53.6 Å². The third-order valence-corrected chi connectivity index (χ3v) is 3.86. The maximum absolute atomic E-state index is 11.7. The quantitative estimate of drug-likeness (QED) is 0.706. The number of rotatable bonds is 7. The summed E-state index contributed by atoms with van der Waals surface area (Å²) in [5, 5.41) is 6.19. The highest BCUT2D eigenvalue weighted by Gasteiger charge is 2.28. The molecule has 5 nitrogen and oxygen atoms in total. The minimum absolute atomic E-state index is 0.0427. The number of amides is 1. The molecule has 1 aliphatic heterocycles. The van der Waals surface area contributed by atoms with Gasteiger partial charge in [-0.15, -0.1) is 0 Å². The van der Waals surface area contributed by atoms with E-state index in [2.05, 4.69) is 29.5 Å². The van der Waals surface area contributed by atoms with Crippen molar-refractivity contribution in [1.82, 2.24) is 15.5 Å². The number of ether oxygens (including phenoxy) is 1. The molecule has 1 rings (SSSR count). The van der Waals surface area contributed by atoms with Crippen molar-refractivity contribution in [3.8, 4) is 0 Å². The number of nitrogens with zero attached hydrogens (tertiary/aromatic N) is 1. The fraction of sp³-hybridized carbons (Fsp3) is 0.929. The van der Waals surface area contributed by atoms with Gasteiger partial charge in [0, 0.05) is 19.7 Å². The molecule has 1 fully saturated rings. The molecule has 112 valence electrons. The lowest BCUT2D eigenvalue weighted by Crippen LogP contribution is -2.46. The van der Waals surface area contributed by atoms with Gasteiger partial charge in [0.05, 0.1) is 13.2 Å².